The molecule has 0 fully saturated rings. The summed E-state index contributed by atoms with van der Waals surface area (Å²) in [5.41, 5.74) is 2.27. The van der Waals surface area contributed by atoms with Gasteiger partial charge in [-0.25, -0.2) is 0 Å². The van der Waals surface area contributed by atoms with Gasteiger partial charge in [-0.05, 0) is 42.8 Å². The van der Waals surface area contributed by atoms with Gasteiger partial charge in [-0.1, -0.05) is 15.9 Å². The fourth-order valence-corrected chi connectivity index (χ4v) is 3.19. The monoisotopic (exact) mass is 339 g/mol. The third kappa shape index (κ3) is 4.08. The van der Waals surface area contributed by atoms with E-state index < -0.39 is 5.97 Å². The molecule has 0 aliphatic heterocycles. The SMILES string of the molecule is Cc1cc(Br)ccc1NCc1ccc(CC(=O)O)s1. The maximum absolute atomic E-state index is 10.6. The fourth-order valence-electron chi connectivity index (χ4n) is 1.77. The van der Waals surface area contributed by atoms with Gasteiger partial charge in [0.2, 0.25) is 0 Å². The molecular formula is C14H14BrNO2S. The second-order valence-electron chi connectivity index (χ2n) is 4.25. The average Bonchev–Trinajstić information content (AvgIpc) is 2.74. The Labute approximate surface area is 124 Å². The van der Waals surface area contributed by atoms with Crippen LogP contribution in [0.3, 0.4) is 0 Å². The largest absolute Gasteiger partial charge is 0.481 e. The van der Waals surface area contributed by atoms with Crippen molar-refractivity contribution in [1.82, 2.24) is 0 Å². The highest BCUT2D eigenvalue weighted by atomic mass is 79.9. The van der Waals surface area contributed by atoms with Gasteiger partial charge in [0.15, 0.2) is 0 Å². The van der Waals surface area contributed by atoms with Crippen molar-refractivity contribution in [2.24, 2.45) is 0 Å². The highest BCUT2D eigenvalue weighted by Crippen LogP contribution is 2.22. The van der Waals surface area contributed by atoms with Crippen LogP contribution in [0.5, 0.6) is 0 Å². The molecule has 3 nitrogen and oxygen atoms in total. The van der Waals surface area contributed by atoms with E-state index in [1.165, 1.54) is 16.9 Å². The topological polar surface area (TPSA) is 49.3 Å². The third-order valence-electron chi connectivity index (χ3n) is 2.68. The summed E-state index contributed by atoms with van der Waals surface area (Å²) in [5.74, 6) is -0.787. The van der Waals surface area contributed by atoms with Gasteiger partial charge in [0.25, 0.3) is 0 Å². The molecule has 2 N–H and O–H groups in total. The van der Waals surface area contributed by atoms with Crippen molar-refractivity contribution in [3.05, 3.63) is 50.1 Å². The summed E-state index contributed by atoms with van der Waals surface area (Å²) in [6.07, 6.45) is 0.0992. The normalized spacial score (nSPS) is 10.4. The van der Waals surface area contributed by atoms with E-state index >= 15 is 0 Å². The highest BCUT2D eigenvalue weighted by Gasteiger charge is 2.05. The molecule has 19 heavy (non-hydrogen) atoms. The molecule has 0 unspecified atom stereocenters. The van der Waals surface area contributed by atoms with E-state index in [-0.39, 0.29) is 6.42 Å². The summed E-state index contributed by atoms with van der Waals surface area (Å²) in [5, 5.41) is 12.1. The molecule has 1 heterocycles. The minimum absolute atomic E-state index is 0.0992. The van der Waals surface area contributed by atoms with E-state index in [1.54, 1.807) is 0 Å². The Hall–Kier alpha value is -1.33. The number of benzene rings is 1. The van der Waals surface area contributed by atoms with Crippen LogP contribution in [0.1, 0.15) is 15.3 Å². The van der Waals surface area contributed by atoms with E-state index in [0.29, 0.717) is 6.54 Å². The van der Waals surface area contributed by atoms with Crippen LogP contribution in [-0.2, 0) is 17.8 Å². The van der Waals surface area contributed by atoms with E-state index in [9.17, 15) is 4.79 Å². The van der Waals surface area contributed by atoms with Crippen LogP contribution in [0.25, 0.3) is 0 Å². The quantitative estimate of drug-likeness (QED) is 0.863. The zero-order valence-electron chi connectivity index (χ0n) is 10.4. The number of aryl methyl sites for hydroxylation is 1. The van der Waals surface area contributed by atoms with Gasteiger partial charge in [0.05, 0.1) is 6.42 Å². The van der Waals surface area contributed by atoms with Crippen LogP contribution in [0.4, 0.5) is 5.69 Å². The van der Waals surface area contributed by atoms with E-state index in [1.807, 2.05) is 24.3 Å². The van der Waals surface area contributed by atoms with Crippen molar-refractivity contribution in [3.63, 3.8) is 0 Å². The van der Waals surface area contributed by atoms with Crippen molar-refractivity contribution in [2.45, 2.75) is 19.9 Å². The van der Waals surface area contributed by atoms with Crippen LogP contribution in [0.15, 0.2) is 34.8 Å². The number of nitrogens with one attached hydrogen (secondary N) is 1. The molecule has 0 bridgehead atoms. The van der Waals surface area contributed by atoms with Gasteiger partial charge in [-0.3, -0.25) is 4.79 Å². The summed E-state index contributed by atoms with van der Waals surface area (Å²) in [6, 6.07) is 9.95. The summed E-state index contributed by atoms with van der Waals surface area (Å²) < 4.78 is 1.07. The molecule has 0 saturated carbocycles. The molecular weight excluding hydrogens is 326 g/mol. The Morgan fingerprint density at radius 1 is 1.32 bits per heavy atom. The van der Waals surface area contributed by atoms with E-state index in [0.717, 1.165) is 19.9 Å². The van der Waals surface area contributed by atoms with Gasteiger partial charge < -0.3 is 10.4 Å². The van der Waals surface area contributed by atoms with Crippen LogP contribution in [-0.4, -0.2) is 11.1 Å². The summed E-state index contributed by atoms with van der Waals surface area (Å²) in [6.45, 7) is 2.77. The Bertz CT molecular complexity index is 595. The minimum Gasteiger partial charge on any atom is -0.481 e. The van der Waals surface area contributed by atoms with Crippen molar-refractivity contribution in [1.29, 1.82) is 0 Å². The number of halogens is 1. The molecule has 1 aromatic carbocycles. The minimum atomic E-state index is -0.787. The lowest BCUT2D eigenvalue weighted by Crippen LogP contribution is -1.99. The average molecular weight is 340 g/mol. The van der Waals surface area contributed by atoms with Gasteiger partial charge >= 0.3 is 5.97 Å². The standard InChI is InChI=1S/C14H14BrNO2S/c1-9-6-10(15)2-5-13(9)16-8-12-4-3-11(19-12)7-14(17)18/h2-6,16H,7-8H2,1H3,(H,17,18). The Balaban J connectivity index is 1.98. The molecule has 5 heteroatoms. The van der Waals surface area contributed by atoms with Gasteiger partial charge in [-0.2, -0.15) is 0 Å². The maximum Gasteiger partial charge on any atom is 0.308 e. The lowest BCUT2D eigenvalue weighted by atomic mass is 10.2. The summed E-state index contributed by atoms with van der Waals surface area (Å²) in [4.78, 5) is 12.6. The Kier molecular flexibility index (Phi) is 4.61. The Morgan fingerprint density at radius 3 is 2.74 bits per heavy atom. The maximum atomic E-state index is 10.6. The fraction of sp³-hybridized carbons (Fsp3) is 0.214. The number of carboxylic acid groups (broad SMARTS) is 1. The molecule has 2 rings (SSSR count). The van der Waals surface area contributed by atoms with Crippen molar-refractivity contribution in [3.8, 4) is 0 Å². The molecule has 2 aromatic rings. The number of aliphatic carboxylic acids is 1. The number of thiophene rings is 1. The lowest BCUT2D eigenvalue weighted by Gasteiger charge is -2.08. The number of rotatable bonds is 5. The molecule has 0 atom stereocenters. The second-order valence-corrected chi connectivity index (χ2v) is 6.42. The first-order chi connectivity index (χ1) is 9.04. The first kappa shape index (κ1) is 14.1. The van der Waals surface area contributed by atoms with Crippen LogP contribution in [0.2, 0.25) is 0 Å². The van der Waals surface area contributed by atoms with Crippen molar-refractivity contribution in [2.75, 3.05) is 5.32 Å². The molecule has 0 aliphatic rings. The lowest BCUT2D eigenvalue weighted by molar-refractivity contribution is -0.136. The zero-order chi connectivity index (χ0) is 13.8. The van der Waals surface area contributed by atoms with E-state index in [4.69, 9.17) is 5.11 Å². The van der Waals surface area contributed by atoms with Gasteiger partial charge in [-0.15, -0.1) is 11.3 Å². The van der Waals surface area contributed by atoms with Crippen LogP contribution < -0.4 is 5.32 Å². The number of carbonyl (C=O) groups is 1. The van der Waals surface area contributed by atoms with Gasteiger partial charge in [0.1, 0.15) is 0 Å². The molecule has 0 spiro atoms. The number of hydrogen-bond acceptors (Lipinski definition) is 3. The van der Waals surface area contributed by atoms with Crippen LogP contribution in [0, 0.1) is 6.92 Å². The summed E-state index contributed by atoms with van der Waals surface area (Å²) in [7, 11) is 0. The van der Waals surface area contributed by atoms with Gasteiger partial charge in [0, 0.05) is 26.5 Å². The molecule has 0 amide bonds. The predicted molar refractivity (Wildman–Crippen MR) is 81.9 cm³/mol. The van der Waals surface area contributed by atoms with Crippen molar-refractivity contribution < 1.29 is 9.90 Å². The first-order valence-corrected chi connectivity index (χ1v) is 7.45. The number of anilines is 1. The molecule has 0 radical (unpaired) electrons. The van der Waals surface area contributed by atoms with E-state index in [2.05, 4.69) is 34.2 Å². The number of carboxylic acids is 1. The number of hydrogen-bond donors (Lipinski definition) is 2. The van der Waals surface area contributed by atoms with Crippen LogP contribution >= 0.6 is 27.3 Å². The molecule has 0 aliphatic carbocycles. The smallest absolute Gasteiger partial charge is 0.308 e. The molecule has 0 saturated heterocycles. The molecule has 1 aromatic heterocycles. The molecule has 100 valence electrons. The summed E-state index contributed by atoms with van der Waals surface area (Å²) >= 11 is 4.97. The Morgan fingerprint density at radius 2 is 2.05 bits per heavy atom. The first-order valence-electron chi connectivity index (χ1n) is 5.84. The van der Waals surface area contributed by atoms with Crippen molar-refractivity contribution >= 4 is 38.9 Å². The third-order valence-corrected chi connectivity index (χ3v) is 4.26. The highest BCUT2D eigenvalue weighted by molar-refractivity contribution is 9.10. The predicted octanol–water partition coefficient (Wildman–Crippen LogP) is 4.06. The zero-order valence-corrected chi connectivity index (χ0v) is 12.8. The second kappa shape index (κ2) is 6.21.